The number of anilines is 1. The van der Waals surface area contributed by atoms with Gasteiger partial charge in [0.1, 0.15) is 16.5 Å². The number of nitrogens with zero attached hydrogens (tertiary/aromatic N) is 1. The molecule has 25 heavy (non-hydrogen) atoms. The van der Waals surface area contributed by atoms with E-state index in [4.69, 9.17) is 21.1 Å². The SMILES string of the molecule is COc1ccc(C2=C(Cl)C(=O)N(c3cc(C)ccc3OC)C2=O)cc1. The summed E-state index contributed by atoms with van der Waals surface area (Å²) in [4.78, 5) is 26.6. The van der Waals surface area contributed by atoms with E-state index in [9.17, 15) is 9.59 Å². The molecule has 0 aliphatic carbocycles. The number of halogens is 1. The molecule has 2 aromatic rings. The fraction of sp³-hybridized carbons (Fsp3) is 0.158. The standard InChI is InChI=1S/C19H16ClNO4/c1-11-4-9-15(25-3)14(10-11)21-18(22)16(17(20)19(21)23)12-5-7-13(24-2)8-6-12/h4-10H,1-3H3. The number of amides is 2. The van der Waals surface area contributed by atoms with Crippen molar-refractivity contribution in [3.05, 3.63) is 58.6 Å². The zero-order chi connectivity index (χ0) is 18.1. The highest BCUT2D eigenvalue weighted by molar-refractivity contribution is 6.60. The van der Waals surface area contributed by atoms with Crippen LogP contribution in [0.25, 0.3) is 5.57 Å². The van der Waals surface area contributed by atoms with Gasteiger partial charge in [-0.2, -0.15) is 0 Å². The molecular formula is C19H16ClNO4. The second-order valence-electron chi connectivity index (χ2n) is 5.54. The van der Waals surface area contributed by atoms with E-state index in [0.29, 0.717) is 22.7 Å². The quantitative estimate of drug-likeness (QED) is 0.785. The predicted octanol–water partition coefficient (Wildman–Crippen LogP) is 3.54. The van der Waals surface area contributed by atoms with Crippen LogP contribution < -0.4 is 14.4 Å². The fourth-order valence-corrected chi connectivity index (χ4v) is 2.98. The first-order chi connectivity index (χ1) is 12.0. The number of carbonyl (C=O) groups is 2. The van der Waals surface area contributed by atoms with Crippen molar-refractivity contribution in [3.8, 4) is 11.5 Å². The summed E-state index contributed by atoms with van der Waals surface area (Å²) in [6, 6.07) is 12.1. The lowest BCUT2D eigenvalue weighted by Gasteiger charge is -2.18. The van der Waals surface area contributed by atoms with Crippen molar-refractivity contribution < 1.29 is 19.1 Å². The Kier molecular flexibility index (Phi) is 4.51. The van der Waals surface area contributed by atoms with Gasteiger partial charge in [0.25, 0.3) is 11.8 Å². The van der Waals surface area contributed by atoms with Gasteiger partial charge in [-0.25, -0.2) is 4.90 Å². The lowest BCUT2D eigenvalue weighted by molar-refractivity contribution is -0.119. The maximum atomic E-state index is 12.9. The normalized spacial score (nSPS) is 14.3. The topological polar surface area (TPSA) is 55.8 Å². The van der Waals surface area contributed by atoms with Gasteiger partial charge in [-0.3, -0.25) is 9.59 Å². The van der Waals surface area contributed by atoms with Gasteiger partial charge in [0.05, 0.1) is 25.5 Å². The number of aryl methyl sites for hydroxylation is 1. The highest BCUT2D eigenvalue weighted by atomic mass is 35.5. The van der Waals surface area contributed by atoms with Crippen LogP contribution in [0.4, 0.5) is 5.69 Å². The zero-order valence-electron chi connectivity index (χ0n) is 14.0. The second-order valence-corrected chi connectivity index (χ2v) is 5.92. The summed E-state index contributed by atoms with van der Waals surface area (Å²) in [6.07, 6.45) is 0. The van der Waals surface area contributed by atoms with Gasteiger partial charge in [-0.1, -0.05) is 29.8 Å². The monoisotopic (exact) mass is 357 g/mol. The molecule has 1 aliphatic rings. The fourth-order valence-electron chi connectivity index (χ4n) is 2.70. The van der Waals surface area contributed by atoms with Gasteiger partial charge < -0.3 is 9.47 Å². The van der Waals surface area contributed by atoms with Crippen molar-refractivity contribution in [2.45, 2.75) is 6.92 Å². The molecule has 0 saturated carbocycles. The van der Waals surface area contributed by atoms with E-state index in [1.165, 1.54) is 7.11 Å². The first-order valence-corrected chi connectivity index (χ1v) is 7.93. The predicted molar refractivity (Wildman–Crippen MR) is 96.0 cm³/mol. The first-order valence-electron chi connectivity index (χ1n) is 7.55. The molecule has 0 atom stereocenters. The van der Waals surface area contributed by atoms with E-state index < -0.39 is 11.8 Å². The Morgan fingerprint density at radius 3 is 2.20 bits per heavy atom. The van der Waals surface area contributed by atoms with E-state index in [2.05, 4.69) is 0 Å². The molecule has 6 heteroatoms. The molecule has 0 aromatic heterocycles. The molecular weight excluding hydrogens is 342 g/mol. The van der Waals surface area contributed by atoms with Crippen LogP contribution in [0.15, 0.2) is 47.5 Å². The molecule has 2 amide bonds. The summed E-state index contributed by atoms with van der Waals surface area (Å²) in [5.41, 5.74) is 1.99. The molecule has 2 aromatic carbocycles. The van der Waals surface area contributed by atoms with Crippen molar-refractivity contribution in [3.63, 3.8) is 0 Å². The smallest absolute Gasteiger partial charge is 0.277 e. The Morgan fingerprint density at radius 2 is 1.60 bits per heavy atom. The molecule has 0 bridgehead atoms. The molecule has 1 aliphatic heterocycles. The minimum absolute atomic E-state index is 0.112. The van der Waals surface area contributed by atoms with Crippen LogP contribution >= 0.6 is 11.6 Å². The number of imide groups is 1. The van der Waals surface area contributed by atoms with Gasteiger partial charge in [-0.15, -0.1) is 0 Å². The Bertz CT molecular complexity index is 887. The van der Waals surface area contributed by atoms with Crippen LogP contribution in [-0.2, 0) is 9.59 Å². The minimum atomic E-state index is -0.568. The van der Waals surface area contributed by atoms with Crippen LogP contribution in [0, 0.1) is 6.92 Å². The largest absolute Gasteiger partial charge is 0.497 e. The van der Waals surface area contributed by atoms with Crippen LogP contribution in [0.2, 0.25) is 0 Å². The van der Waals surface area contributed by atoms with Crippen LogP contribution in [0.1, 0.15) is 11.1 Å². The summed E-state index contributed by atoms with van der Waals surface area (Å²) in [7, 11) is 3.04. The van der Waals surface area contributed by atoms with Crippen molar-refractivity contribution in [2.24, 2.45) is 0 Å². The van der Waals surface area contributed by atoms with Crippen LogP contribution in [-0.4, -0.2) is 26.0 Å². The summed E-state index contributed by atoms with van der Waals surface area (Å²) < 4.78 is 10.4. The van der Waals surface area contributed by atoms with Gasteiger partial charge in [-0.05, 0) is 42.3 Å². The summed E-state index contributed by atoms with van der Waals surface area (Å²) in [5, 5.41) is -0.112. The summed E-state index contributed by atoms with van der Waals surface area (Å²) in [5.74, 6) is 0.0210. The van der Waals surface area contributed by atoms with Crippen molar-refractivity contribution in [1.29, 1.82) is 0 Å². The minimum Gasteiger partial charge on any atom is -0.497 e. The van der Waals surface area contributed by atoms with E-state index in [-0.39, 0.29) is 10.6 Å². The van der Waals surface area contributed by atoms with Crippen molar-refractivity contribution in [1.82, 2.24) is 0 Å². The zero-order valence-corrected chi connectivity index (χ0v) is 14.8. The maximum Gasteiger partial charge on any atom is 0.277 e. The Morgan fingerprint density at radius 1 is 0.920 bits per heavy atom. The van der Waals surface area contributed by atoms with E-state index in [0.717, 1.165) is 10.5 Å². The molecule has 5 nitrogen and oxygen atoms in total. The van der Waals surface area contributed by atoms with Gasteiger partial charge in [0, 0.05) is 0 Å². The average molecular weight is 358 g/mol. The van der Waals surface area contributed by atoms with E-state index in [1.807, 2.05) is 13.0 Å². The average Bonchev–Trinajstić information content (AvgIpc) is 2.84. The summed E-state index contributed by atoms with van der Waals surface area (Å²) >= 11 is 6.21. The molecule has 0 unspecified atom stereocenters. The van der Waals surface area contributed by atoms with Gasteiger partial charge in [0.15, 0.2) is 0 Å². The molecule has 128 valence electrons. The molecule has 0 spiro atoms. The number of carbonyl (C=O) groups excluding carboxylic acids is 2. The molecule has 0 radical (unpaired) electrons. The van der Waals surface area contributed by atoms with Crippen LogP contribution in [0.5, 0.6) is 11.5 Å². The molecule has 0 N–H and O–H groups in total. The Balaban J connectivity index is 2.06. The van der Waals surface area contributed by atoms with Gasteiger partial charge >= 0.3 is 0 Å². The molecule has 0 fully saturated rings. The number of ether oxygens (including phenoxy) is 2. The molecule has 3 rings (SSSR count). The molecule has 1 heterocycles. The number of hydrogen-bond donors (Lipinski definition) is 0. The lowest BCUT2D eigenvalue weighted by atomic mass is 10.1. The number of hydrogen-bond acceptors (Lipinski definition) is 4. The van der Waals surface area contributed by atoms with Crippen molar-refractivity contribution >= 4 is 34.7 Å². The second kappa shape index (κ2) is 6.61. The van der Waals surface area contributed by atoms with Gasteiger partial charge in [0.2, 0.25) is 0 Å². The third-order valence-corrected chi connectivity index (χ3v) is 4.33. The maximum absolute atomic E-state index is 12.9. The Hall–Kier alpha value is -2.79. The summed E-state index contributed by atoms with van der Waals surface area (Å²) in [6.45, 7) is 1.87. The lowest BCUT2D eigenvalue weighted by Crippen LogP contribution is -2.31. The van der Waals surface area contributed by atoms with E-state index in [1.54, 1.807) is 43.5 Å². The van der Waals surface area contributed by atoms with Crippen molar-refractivity contribution in [2.75, 3.05) is 19.1 Å². The first kappa shape index (κ1) is 17.0. The van der Waals surface area contributed by atoms with Crippen LogP contribution in [0.3, 0.4) is 0 Å². The third kappa shape index (κ3) is 2.87. The van der Waals surface area contributed by atoms with E-state index >= 15 is 0 Å². The third-order valence-electron chi connectivity index (χ3n) is 3.98. The highest BCUT2D eigenvalue weighted by Gasteiger charge is 2.40. The number of methoxy groups -OCH3 is 2. The Labute approximate surface area is 150 Å². The number of benzene rings is 2. The highest BCUT2D eigenvalue weighted by Crippen LogP contribution is 2.39. The number of rotatable bonds is 4. The molecule has 0 saturated heterocycles.